The summed E-state index contributed by atoms with van der Waals surface area (Å²) in [7, 11) is 0. The van der Waals surface area contributed by atoms with Gasteiger partial charge in [0.15, 0.2) is 0 Å². The van der Waals surface area contributed by atoms with E-state index < -0.39 is 18.4 Å². The van der Waals surface area contributed by atoms with Gasteiger partial charge < -0.3 is 0 Å². The van der Waals surface area contributed by atoms with Crippen LogP contribution in [0.25, 0.3) is 21.8 Å². The summed E-state index contributed by atoms with van der Waals surface area (Å²) in [6.45, 7) is 0. The molecule has 0 radical (unpaired) electrons. The fraction of sp³-hybridized carbons (Fsp3) is 0.188. The molecule has 0 spiro atoms. The first kappa shape index (κ1) is 12.0. The van der Waals surface area contributed by atoms with Crippen LogP contribution in [0.3, 0.4) is 0 Å². The molecule has 18 heavy (non-hydrogen) atoms. The molecule has 0 aliphatic heterocycles. The summed E-state index contributed by atoms with van der Waals surface area (Å²) in [5.74, 6) is 0. The predicted octanol–water partition coefficient (Wildman–Crippen LogP) is 3.93. The zero-order chi connectivity index (χ0) is 12.8. The van der Waals surface area contributed by atoms with Crippen LogP contribution in [0.15, 0.2) is 48.5 Å². The Kier molecular flexibility index (Phi) is 2.81. The van der Waals surface area contributed by atoms with Crippen molar-refractivity contribution in [1.82, 2.24) is 4.98 Å². The molecule has 1 aromatic heterocycles. The molecule has 3 aromatic rings. The number of aromatic nitrogens is 1. The van der Waals surface area contributed by atoms with Crippen molar-refractivity contribution in [3.05, 3.63) is 48.5 Å². The van der Waals surface area contributed by atoms with Crippen LogP contribution < -0.4 is 3.58 Å². The maximum absolute atomic E-state index is 4.79. The molecule has 2 aromatic carbocycles. The van der Waals surface area contributed by atoms with Crippen molar-refractivity contribution in [2.45, 2.75) is 14.8 Å². The standard InChI is InChI=1S/C13H8N.3CH3.Sn/c1-3-7-12-10(5-1)9-11-6-2-4-8-13(11)14-12;;;;/h1-8H;3*1H3;. The van der Waals surface area contributed by atoms with Gasteiger partial charge in [0.05, 0.1) is 0 Å². The molecule has 0 aliphatic carbocycles. The zero-order valence-electron chi connectivity index (χ0n) is 11.1. The van der Waals surface area contributed by atoms with Gasteiger partial charge in [-0.2, -0.15) is 0 Å². The zero-order valence-corrected chi connectivity index (χ0v) is 13.9. The van der Waals surface area contributed by atoms with E-state index in [1.165, 1.54) is 10.8 Å². The van der Waals surface area contributed by atoms with E-state index in [-0.39, 0.29) is 0 Å². The normalized spacial score (nSPS) is 12.2. The summed E-state index contributed by atoms with van der Waals surface area (Å²) < 4.78 is 1.60. The first-order chi connectivity index (χ1) is 8.57. The molecule has 0 atom stereocenters. The van der Waals surface area contributed by atoms with Crippen LogP contribution in [0.4, 0.5) is 0 Å². The average molecular weight is 342 g/mol. The van der Waals surface area contributed by atoms with Gasteiger partial charge in [-0.25, -0.2) is 0 Å². The number of hydrogen-bond donors (Lipinski definition) is 0. The summed E-state index contributed by atoms with van der Waals surface area (Å²) in [4.78, 5) is 12.2. The average Bonchev–Trinajstić information content (AvgIpc) is 2.34. The molecule has 0 unspecified atom stereocenters. The number of fused-ring (bicyclic) bond motifs is 2. The van der Waals surface area contributed by atoms with Crippen LogP contribution in [-0.2, 0) is 0 Å². The molecule has 0 amide bonds. The molecule has 0 aliphatic rings. The summed E-state index contributed by atoms with van der Waals surface area (Å²) in [6.07, 6.45) is 0. The Balaban J connectivity index is 2.58. The molecule has 0 saturated heterocycles. The number of rotatable bonds is 1. The molecular weight excluding hydrogens is 325 g/mol. The van der Waals surface area contributed by atoms with E-state index in [1.807, 2.05) is 0 Å². The number of hydrogen-bond acceptors (Lipinski definition) is 1. The molecule has 3 rings (SSSR count). The first-order valence-electron chi connectivity index (χ1n) is 6.35. The van der Waals surface area contributed by atoms with Crippen LogP contribution in [0, 0.1) is 0 Å². The Hall–Kier alpha value is -1.09. The van der Waals surface area contributed by atoms with Crippen LogP contribution in [0.5, 0.6) is 0 Å². The third kappa shape index (κ3) is 1.91. The maximum atomic E-state index is 4.79. The monoisotopic (exact) mass is 343 g/mol. The van der Waals surface area contributed by atoms with Gasteiger partial charge in [0, 0.05) is 0 Å². The van der Waals surface area contributed by atoms with E-state index in [9.17, 15) is 0 Å². The topological polar surface area (TPSA) is 12.9 Å². The summed E-state index contributed by atoms with van der Waals surface area (Å²) in [5, 5.41) is 2.72. The number of benzene rings is 2. The van der Waals surface area contributed by atoms with Crippen molar-refractivity contribution in [2.24, 2.45) is 0 Å². The van der Waals surface area contributed by atoms with Crippen LogP contribution in [-0.4, -0.2) is 23.4 Å². The summed E-state index contributed by atoms with van der Waals surface area (Å²) >= 11 is -2.18. The Bertz CT molecular complexity index is 672. The van der Waals surface area contributed by atoms with E-state index in [2.05, 4.69) is 63.3 Å². The van der Waals surface area contributed by atoms with E-state index >= 15 is 0 Å². The fourth-order valence-electron chi connectivity index (χ4n) is 2.65. The number of pyridine rings is 1. The number of para-hydroxylation sites is 2. The van der Waals surface area contributed by atoms with Crippen LogP contribution in [0.1, 0.15) is 0 Å². The third-order valence-corrected chi connectivity index (χ3v) is 9.16. The number of nitrogens with zero attached hydrogens (tertiary/aromatic N) is 1. The SMILES string of the molecule is [CH3][Sn]([CH3])([CH3])[c]1c2ccccc2nc2ccccc12. The Morgan fingerprint density at radius 1 is 0.722 bits per heavy atom. The summed E-state index contributed by atoms with van der Waals surface area (Å²) in [6, 6.07) is 17.1. The van der Waals surface area contributed by atoms with Crippen LogP contribution in [0.2, 0.25) is 14.8 Å². The second-order valence-electron chi connectivity index (χ2n) is 5.77. The molecule has 90 valence electrons. The second-order valence-corrected chi connectivity index (χ2v) is 20.0. The van der Waals surface area contributed by atoms with Crippen molar-refractivity contribution in [3.8, 4) is 0 Å². The molecule has 1 heterocycles. The minimum atomic E-state index is -2.18. The van der Waals surface area contributed by atoms with Gasteiger partial charge in [-0.15, -0.1) is 0 Å². The van der Waals surface area contributed by atoms with Crippen LogP contribution >= 0.6 is 0 Å². The second kappa shape index (κ2) is 4.23. The van der Waals surface area contributed by atoms with Crippen molar-refractivity contribution in [1.29, 1.82) is 0 Å². The molecule has 1 nitrogen and oxygen atoms in total. The van der Waals surface area contributed by atoms with Gasteiger partial charge in [-0.1, -0.05) is 0 Å². The Morgan fingerprint density at radius 3 is 1.61 bits per heavy atom. The van der Waals surface area contributed by atoms with Crippen molar-refractivity contribution < 1.29 is 0 Å². The van der Waals surface area contributed by atoms with Gasteiger partial charge in [-0.3, -0.25) is 0 Å². The quantitative estimate of drug-likeness (QED) is 0.482. The molecule has 0 bridgehead atoms. The molecule has 0 N–H and O–H groups in total. The summed E-state index contributed by atoms with van der Waals surface area (Å²) in [5.41, 5.74) is 2.27. The van der Waals surface area contributed by atoms with Crippen molar-refractivity contribution in [3.63, 3.8) is 0 Å². The van der Waals surface area contributed by atoms with E-state index in [4.69, 9.17) is 4.98 Å². The first-order valence-corrected chi connectivity index (χ1v) is 16.3. The van der Waals surface area contributed by atoms with Crippen molar-refractivity contribution in [2.75, 3.05) is 0 Å². The molecular formula is C16H17NSn. The molecule has 2 heteroatoms. The van der Waals surface area contributed by atoms with Gasteiger partial charge in [-0.05, 0) is 0 Å². The fourth-order valence-corrected chi connectivity index (χ4v) is 8.47. The van der Waals surface area contributed by atoms with Crippen molar-refractivity contribution >= 4 is 43.8 Å². The van der Waals surface area contributed by atoms with E-state index in [1.54, 1.807) is 3.58 Å². The van der Waals surface area contributed by atoms with E-state index in [0.717, 1.165) is 11.0 Å². The molecule has 0 fully saturated rings. The minimum absolute atomic E-state index is 1.14. The van der Waals surface area contributed by atoms with Gasteiger partial charge in [0.2, 0.25) is 0 Å². The predicted molar refractivity (Wildman–Crippen MR) is 82.2 cm³/mol. The van der Waals surface area contributed by atoms with Gasteiger partial charge in [0.25, 0.3) is 0 Å². The van der Waals surface area contributed by atoms with Gasteiger partial charge in [0.1, 0.15) is 0 Å². The Morgan fingerprint density at radius 2 is 1.17 bits per heavy atom. The third-order valence-electron chi connectivity index (χ3n) is 3.34. The van der Waals surface area contributed by atoms with Gasteiger partial charge >= 0.3 is 112 Å². The molecule has 0 saturated carbocycles. The van der Waals surface area contributed by atoms with E-state index in [0.29, 0.717) is 0 Å². The Labute approximate surface area is 112 Å².